The van der Waals surface area contributed by atoms with E-state index >= 15 is 0 Å². The number of hydrogen-bond donors (Lipinski definition) is 1. The van der Waals surface area contributed by atoms with Crippen LogP contribution in [0.5, 0.6) is 0 Å². The van der Waals surface area contributed by atoms with Crippen molar-refractivity contribution < 1.29 is 4.79 Å². The summed E-state index contributed by atoms with van der Waals surface area (Å²) in [7, 11) is 0. The Labute approximate surface area is 84.0 Å². The predicted molar refractivity (Wildman–Crippen MR) is 56.7 cm³/mol. The van der Waals surface area contributed by atoms with Crippen LogP contribution in [0.2, 0.25) is 0 Å². The molecule has 2 N–H and O–H groups in total. The van der Waals surface area contributed by atoms with E-state index in [0.29, 0.717) is 0 Å². The normalized spacial score (nSPS) is 22.5. The third-order valence-corrected chi connectivity index (χ3v) is 3.44. The summed E-state index contributed by atoms with van der Waals surface area (Å²) in [6, 6.07) is -0.0397. The monoisotopic (exact) mass is 202 g/mol. The molecule has 1 amide bonds. The maximum absolute atomic E-state index is 11.8. The van der Waals surface area contributed by atoms with Crippen molar-refractivity contribution in [2.75, 3.05) is 24.6 Å². The lowest BCUT2D eigenvalue weighted by Gasteiger charge is -2.30. The van der Waals surface area contributed by atoms with E-state index in [1.54, 1.807) is 0 Å². The fraction of sp³-hybridized carbons (Fsp3) is 0.889. The summed E-state index contributed by atoms with van der Waals surface area (Å²) in [5.74, 6) is 2.31. The first-order valence-corrected chi connectivity index (χ1v) is 5.90. The van der Waals surface area contributed by atoms with Gasteiger partial charge in [-0.1, -0.05) is 6.92 Å². The molecule has 76 valence electrons. The molecule has 1 aliphatic rings. The molecule has 1 fully saturated rings. The number of carbonyl (C=O) groups is 1. The standard InChI is InChI=1S/C9H18N2OS/c1-7(8(2)10)9(12)11-3-5-13-6-4-11/h7-8H,3-6,10H2,1-2H3. The third-order valence-electron chi connectivity index (χ3n) is 2.50. The van der Waals surface area contributed by atoms with Crippen molar-refractivity contribution in [3.05, 3.63) is 0 Å². The van der Waals surface area contributed by atoms with Crippen molar-refractivity contribution >= 4 is 17.7 Å². The Hall–Kier alpha value is -0.220. The summed E-state index contributed by atoms with van der Waals surface area (Å²) in [5, 5.41) is 0. The molecule has 0 aromatic carbocycles. The highest BCUT2D eigenvalue weighted by Crippen LogP contribution is 2.13. The van der Waals surface area contributed by atoms with E-state index in [4.69, 9.17) is 5.73 Å². The Bertz CT molecular complexity index is 178. The predicted octanol–water partition coefficient (Wildman–Crippen LogP) is 0.545. The molecule has 0 radical (unpaired) electrons. The van der Waals surface area contributed by atoms with E-state index in [-0.39, 0.29) is 17.9 Å². The first-order chi connectivity index (χ1) is 6.13. The van der Waals surface area contributed by atoms with Crippen LogP contribution in [-0.4, -0.2) is 41.4 Å². The Kier molecular flexibility index (Phi) is 4.06. The average molecular weight is 202 g/mol. The van der Waals surface area contributed by atoms with Crippen LogP contribution in [0.25, 0.3) is 0 Å². The maximum Gasteiger partial charge on any atom is 0.227 e. The second-order valence-corrected chi connectivity index (χ2v) is 4.81. The van der Waals surface area contributed by atoms with Gasteiger partial charge >= 0.3 is 0 Å². The minimum absolute atomic E-state index is 0.0388. The van der Waals surface area contributed by atoms with Crippen LogP contribution in [-0.2, 0) is 4.79 Å². The van der Waals surface area contributed by atoms with E-state index in [1.807, 2.05) is 30.5 Å². The second kappa shape index (κ2) is 4.86. The molecule has 0 spiro atoms. The summed E-state index contributed by atoms with van der Waals surface area (Å²) in [6.07, 6.45) is 0. The number of nitrogens with zero attached hydrogens (tertiary/aromatic N) is 1. The van der Waals surface area contributed by atoms with Gasteiger partial charge in [0.1, 0.15) is 0 Å². The van der Waals surface area contributed by atoms with E-state index in [1.165, 1.54) is 0 Å². The van der Waals surface area contributed by atoms with Gasteiger partial charge in [0, 0.05) is 30.6 Å². The molecule has 1 rings (SSSR count). The quantitative estimate of drug-likeness (QED) is 0.711. The number of carbonyl (C=O) groups excluding carboxylic acids is 1. The molecule has 3 nitrogen and oxygen atoms in total. The van der Waals surface area contributed by atoms with Crippen LogP contribution >= 0.6 is 11.8 Å². The molecule has 1 saturated heterocycles. The number of amides is 1. The topological polar surface area (TPSA) is 46.3 Å². The molecule has 13 heavy (non-hydrogen) atoms. The minimum atomic E-state index is -0.0397. The van der Waals surface area contributed by atoms with Gasteiger partial charge in [0.05, 0.1) is 5.92 Å². The first kappa shape index (κ1) is 10.9. The SMILES string of the molecule is CC(N)C(C)C(=O)N1CCSCC1. The number of rotatable bonds is 2. The molecular formula is C9H18N2OS. The van der Waals surface area contributed by atoms with E-state index < -0.39 is 0 Å². The van der Waals surface area contributed by atoms with Gasteiger partial charge < -0.3 is 10.6 Å². The molecule has 0 aromatic rings. The minimum Gasteiger partial charge on any atom is -0.341 e. The molecule has 0 aromatic heterocycles. The lowest BCUT2D eigenvalue weighted by atomic mass is 10.0. The molecule has 0 bridgehead atoms. The van der Waals surface area contributed by atoms with Gasteiger partial charge in [-0.3, -0.25) is 4.79 Å². The van der Waals surface area contributed by atoms with Gasteiger partial charge in [0.25, 0.3) is 0 Å². The van der Waals surface area contributed by atoms with Crippen LogP contribution in [0, 0.1) is 5.92 Å². The molecule has 0 saturated carbocycles. The van der Waals surface area contributed by atoms with Crippen LogP contribution < -0.4 is 5.73 Å². The zero-order chi connectivity index (χ0) is 9.84. The number of nitrogens with two attached hydrogens (primary N) is 1. The van der Waals surface area contributed by atoms with Crippen LogP contribution in [0.1, 0.15) is 13.8 Å². The van der Waals surface area contributed by atoms with Crippen molar-refractivity contribution in [1.82, 2.24) is 4.90 Å². The summed E-state index contributed by atoms with van der Waals surface area (Å²) in [4.78, 5) is 13.7. The molecule has 2 atom stereocenters. The average Bonchev–Trinajstić information content (AvgIpc) is 2.17. The van der Waals surface area contributed by atoms with Crippen molar-refractivity contribution in [3.63, 3.8) is 0 Å². The highest BCUT2D eigenvalue weighted by atomic mass is 32.2. The Morgan fingerprint density at radius 1 is 1.38 bits per heavy atom. The van der Waals surface area contributed by atoms with Crippen LogP contribution in [0.4, 0.5) is 0 Å². The van der Waals surface area contributed by atoms with Crippen molar-refractivity contribution in [3.8, 4) is 0 Å². The fourth-order valence-electron chi connectivity index (χ4n) is 1.30. The van der Waals surface area contributed by atoms with E-state index in [9.17, 15) is 4.79 Å². The lowest BCUT2D eigenvalue weighted by molar-refractivity contribution is -0.135. The smallest absolute Gasteiger partial charge is 0.227 e. The Morgan fingerprint density at radius 3 is 2.38 bits per heavy atom. The van der Waals surface area contributed by atoms with Gasteiger partial charge in [0.15, 0.2) is 0 Å². The summed E-state index contributed by atoms with van der Waals surface area (Å²) in [6.45, 7) is 5.58. The molecule has 1 aliphatic heterocycles. The fourth-order valence-corrected chi connectivity index (χ4v) is 2.20. The summed E-state index contributed by atoms with van der Waals surface area (Å²) < 4.78 is 0. The highest BCUT2D eigenvalue weighted by Gasteiger charge is 2.24. The van der Waals surface area contributed by atoms with Gasteiger partial charge in [-0.15, -0.1) is 0 Å². The highest BCUT2D eigenvalue weighted by molar-refractivity contribution is 7.99. The van der Waals surface area contributed by atoms with E-state index in [0.717, 1.165) is 24.6 Å². The van der Waals surface area contributed by atoms with Crippen LogP contribution in [0.15, 0.2) is 0 Å². The van der Waals surface area contributed by atoms with Crippen molar-refractivity contribution in [2.45, 2.75) is 19.9 Å². The van der Waals surface area contributed by atoms with Crippen LogP contribution in [0.3, 0.4) is 0 Å². The van der Waals surface area contributed by atoms with Crippen molar-refractivity contribution in [2.24, 2.45) is 11.7 Å². The summed E-state index contributed by atoms with van der Waals surface area (Å²) in [5.41, 5.74) is 5.69. The Balaban J connectivity index is 2.45. The largest absolute Gasteiger partial charge is 0.341 e. The molecular weight excluding hydrogens is 184 g/mol. The van der Waals surface area contributed by atoms with Gasteiger partial charge in [0.2, 0.25) is 5.91 Å². The first-order valence-electron chi connectivity index (χ1n) is 4.75. The van der Waals surface area contributed by atoms with E-state index in [2.05, 4.69) is 0 Å². The number of thioether (sulfide) groups is 1. The lowest BCUT2D eigenvalue weighted by Crippen LogP contribution is -2.45. The molecule has 0 aliphatic carbocycles. The zero-order valence-electron chi connectivity index (χ0n) is 8.32. The van der Waals surface area contributed by atoms with Gasteiger partial charge in [-0.05, 0) is 6.92 Å². The maximum atomic E-state index is 11.8. The third kappa shape index (κ3) is 2.88. The molecule has 4 heteroatoms. The molecule has 1 heterocycles. The zero-order valence-corrected chi connectivity index (χ0v) is 9.14. The Morgan fingerprint density at radius 2 is 1.92 bits per heavy atom. The van der Waals surface area contributed by atoms with Gasteiger partial charge in [-0.25, -0.2) is 0 Å². The molecule has 2 unspecified atom stereocenters. The van der Waals surface area contributed by atoms with Gasteiger partial charge in [-0.2, -0.15) is 11.8 Å². The van der Waals surface area contributed by atoms with Crippen molar-refractivity contribution in [1.29, 1.82) is 0 Å². The number of hydrogen-bond acceptors (Lipinski definition) is 3. The summed E-state index contributed by atoms with van der Waals surface area (Å²) >= 11 is 1.91. The second-order valence-electron chi connectivity index (χ2n) is 3.59.